The summed E-state index contributed by atoms with van der Waals surface area (Å²) in [6, 6.07) is 9.51. The van der Waals surface area contributed by atoms with Crippen molar-refractivity contribution in [1.29, 1.82) is 0 Å². The van der Waals surface area contributed by atoms with Gasteiger partial charge in [-0.15, -0.1) is 0 Å². The van der Waals surface area contributed by atoms with Gasteiger partial charge in [0.15, 0.2) is 0 Å². The third-order valence-electron chi connectivity index (χ3n) is 3.76. The van der Waals surface area contributed by atoms with E-state index in [4.69, 9.17) is 13.8 Å². The van der Waals surface area contributed by atoms with Crippen molar-refractivity contribution in [3.8, 4) is 0 Å². The van der Waals surface area contributed by atoms with Gasteiger partial charge in [-0.05, 0) is 39.3 Å². The Balaban J connectivity index is 2.03. The number of benzene rings is 1. The van der Waals surface area contributed by atoms with Crippen LogP contribution in [0.4, 0.5) is 0 Å². The third kappa shape index (κ3) is 7.88. The minimum atomic E-state index is -3.41. The number of aromatic nitrogens is 2. The molecular formula is C21H29N2O6P. The number of H-pyrrole nitrogens is 1. The number of aromatic amines is 1. The van der Waals surface area contributed by atoms with Crippen molar-refractivity contribution in [3.63, 3.8) is 0 Å². The van der Waals surface area contributed by atoms with Gasteiger partial charge in [0.1, 0.15) is 6.35 Å². The van der Waals surface area contributed by atoms with Gasteiger partial charge in [0.05, 0.1) is 30.9 Å². The molecule has 0 fully saturated rings. The van der Waals surface area contributed by atoms with E-state index in [1.54, 1.807) is 39.8 Å². The average Bonchev–Trinajstić information content (AvgIpc) is 2.65. The molecule has 1 aromatic heterocycles. The summed E-state index contributed by atoms with van der Waals surface area (Å²) in [7, 11) is -3.41. The van der Waals surface area contributed by atoms with Crippen molar-refractivity contribution in [2.45, 2.75) is 46.4 Å². The largest absolute Gasteiger partial charge is 0.367 e. The maximum atomic E-state index is 12.7. The Labute approximate surface area is 176 Å². The van der Waals surface area contributed by atoms with Crippen LogP contribution in [0.3, 0.4) is 0 Å². The predicted octanol–water partition coefficient (Wildman–Crippen LogP) is 3.72. The summed E-state index contributed by atoms with van der Waals surface area (Å²) in [5.41, 5.74) is 0.268. The number of nitrogens with one attached hydrogen (secondary N) is 1. The molecule has 0 amide bonds. The van der Waals surface area contributed by atoms with Gasteiger partial charge in [-0.3, -0.25) is 18.9 Å². The summed E-state index contributed by atoms with van der Waals surface area (Å²) in [6.07, 6.45) is 4.13. The van der Waals surface area contributed by atoms with Crippen LogP contribution in [-0.2, 0) is 24.9 Å². The normalized spacial score (nSPS) is 12.3. The molecule has 0 radical (unpaired) electrons. The first kappa shape index (κ1) is 24.0. The molecule has 0 aliphatic carbocycles. The minimum Gasteiger partial charge on any atom is -0.367 e. The highest BCUT2D eigenvalue weighted by Gasteiger charge is 2.28. The zero-order chi connectivity index (χ0) is 22.1. The number of nitrogens with zero attached hydrogens (tertiary/aromatic N) is 1. The second-order valence-electron chi connectivity index (χ2n) is 7.24. The molecule has 8 nitrogen and oxygen atoms in total. The Morgan fingerprint density at radius 3 is 2.27 bits per heavy atom. The minimum absolute atomic E-state index is 0.0979. The molecule has 0 unspecified atom stereocenters. The summed E-state index contributed by atoms with van der Waals surface area (Å²) in [5.74, 6) is 0. The smallest absolute Gasteiger partial charge is 0.356 e. The fourth-order valence-electron chi connectivity index (χ4n) is 2.63. The molecule has 0 spiro atoms. The summed E-state index contributed by atoms with van der Waals surface area (Å²) in [5, 5.41) is 0. The molecule has 164 valence electrons. The lowest BCUT2D eigenvalue weighted by Crippen LogP contribution is -2.31. The van der Waals surface area contributed by atoms with Crippen molar-refractivity contribution in [1.82, 2.24) is 9.55 Å². The highest BCUT2D eigenvalue weighted by molar-refractivity contribution is 7.53. The Kier molecular flexibility index (Phi) is 8.99. The molecule has 1 heterocycles. The van der Waals surface area contributed by atoms with Crippen molar-refractivity contribution in [2.24, 2.45) is 0 Å². The molecule has 9 heteroatoms. The first-order valence-electron chi connectivity index (χ1n) is 9.79. The Hall–Kier alpha value is -2.25. The molecule has 2 rings (SSSR count). The van der Waals surface area contributed by atoms with Gasteiger partial charge in [-0.1, -0.05) is 36.4 Å². The molecule has 2 aromatic rings. The van der Waals surface area contributed by atoms with Crippen LogP contribution in [0.2, 0.25) is 0 Å². The Morgan fingerprint density at radius 2 is 1.67 bits per heavy atom. The molecule has 0 saturated carbocycles. The second-order valence-corrected chi connectivity index (χ2v) is 9.14. The summed E-state index contributed by atoms with van der Waals surface area (Å²) in [6.45, 7) is 7.33. The van der Waals surface area contributed by atoms with E-state index in [9.17, 15) is 14.2 Å². The molecule has 0 saturated heterocycles. The first-order chi connectivity index (χ1) is 14.2. The summed E-state index contributed by atoms with van der Waals surface area (Å²) < 4.78 is 30.4. The number of hydrogen-bond donors (Lipinski definition) is 1. The van der Waals surface area contributed by atoms with Crippen LogP contribution in [0.1, 0.15) is 38.8 Å². The van der Waals surface area contributed by atoms with Crippen molar-refractivity contribution >= 4 is 19.7 Å². The van der Waals surface area contributed by atoms with Crippen molar-refractivity contribution < 1.29 is 18.3 Å². The van der Waals surface area contributed by atoms with E-state index >= 15 is 0 Å². The van der Waals surface area contributed by atoms with E-state index in [2.05, 4.69) is 4.98 Å². The van der Waals surface area contributed by atoms with Gasteiger partial charge in [-0.25, -0.2) is 4.79 Å². The van der Waals surface area contributed by atoms with Crippen molar-refractivity contribution in [3.05, 3.63) is 68.5 Å². The van der Waals surface area contributed by atoms with Crippen LogP contribution < -0.4 is 11.2 Å². The monoisotopic (exact) mass is 436 g/mol. The van der Waals surface area contributed by atoms with Gasteiger partial charge in [0.25, 0.3) is 5.56 Å². The van der Waals surface area contributed by atoms with E-state index in [1.807, 2.05) is 30.3 Å². The maximum Gasteiger partial charge on any atom is 0.356 e. The van der Waals surface area contributed by atoms with Crippen molar-refractivity contribution in [2.75, 3.05) is 13.0 Å². The van der Waals surface area contributed by atoms with Crippen LogP contribution in [0.5, 0.6) is 0 Å². The molecule has 1 aromatic carbocycles. The average molecular weight is 436 g/mol. The number of hydrogen-bond acceptors (Lipinski definition) is 6. The van der Waals surface area contributed by atoms with Crippen LogP contribution in [0, 0.1) is 0 Å². The summed E-state index contributed by atoms with van der Waals surface area (Å²) in [4.78, 5) is 26.4. The molecular weight excluding hydrogens is 407 g/mol. The number of ether oxygens (including phenoxy) is 1. The van der Waals surface area contributed by atoms with Gasteiger partial charge in [-0.2, -0.15) is 0 Å². The Bertz CT molecular complexity index is 981. The van der Waals surface area contributed by atoms with E-state index in [0.717, 1.165) is 5.56 Å². The molecule has 0 aliphatic heterocycles. The third-order valence-corrected chi connectivity index (χ3v) is 5.75. The van der Waals surface area contributed by atoms with Crippen LogP contribution >= 0.6 is 7.60 Å². The molecule has 30 heavy (non-hydrogen) atoms. The second kappa shape index (κ2) is 11.2. The highest BCUT2D eigenvalue weighted by Crippen LogP contribution is 2.50. The predicted molar refractivity (Wildman–Crippen MR) is 118 cm³/mol. The lowest BCUT2D eigenvalue weighted by Gasteiger charge is -2.22. The van der Waals surface area contributed by atoms with Gasteiger partial charge < -0.3 is 13.8 Å². The topological polar surface area (TPSA) is 99.6 Å². The van der Waals surface area contributed by atoms with Crippen LogP contribution in [0.15, 0.2) is 46.1 Å². The first-order valence-corrected chi connectivity index (χ1v) is 11.5. The quantitative estimate of drug-likeness (QED) is 0.426. The fraction of sp³-hybridized carbons (Fsp3) is 0.429. The molecule has 0 bridgehead atoms. The molecule has 0 atom stereocenters. The van der Waals surface area contributed by atoms with Gasteiger partial charge in [0.2, 0.25) is 0 Å². The van der Waals surface area contributed by atoms with E-state index < -0.39 is 18.8 Å². The fourth-order valence-corrected chi connectivity index (χ4v) is 4.44. The summed E-state index contributed by atoms with van der Waals surface area (Å²) >= 11 is 0. The maximum absolute atomic E-state index is 12.7. The van der Waals surface area contributed by atoms with Gasteiger partial charge >= 0.3 is 13.3 Å². The van der Waals surface area contributed by atoms with E-state index in [0.29, 0.717) is 5.56 Å². The SMILES string of the molecule is CC(C)OP(=O)(COCCn1cc(/C=C/c2ccccc2)c(=O)[nH]c1=O)OC(C)C. The van der Waals surface area contributed by atoms with Gasteiger partial charge in [0, 0.05) is 6.20 Å². The number of rotatable bonds is 11. The lowest BCUT2D eigenvalue weighted by atomic mass is 10.2. The Morgan fingerprint density at radius 1 is 1.03 bits per heavy atom. The van der Waals surface area contributed by atoms with Crippen LogP contribution in [0.25, 0.3) is 12.2 Å². The molecule has 0 aliphatic rings. The standard InChI is InChI=1S/C21H29N2O6P/c1-16(2)28-30(26,29-17(3)4)15-27-13-12-23-14-19(20(24)22-21(23)25)11-10-18-8-6-5-7-9-18/h5-11,14,16-17H,12-13,15H2,1-4H3,(H,22,24,25)/b11-10+. The van der Waals surface area contributed by atoms with E-state index in [-0.39, 0.29) is 31.7 Å². The van der Waals surface area contributed by atoms with Crippen LogP contribution in [-0.4, -0.2) is 34.7 Å². The zero-order valence-corrected chi connectivity index (χ0v) is 18.6. The zero-order valence-electron chi connectivity index (χ0n) is 17.7. The molecule has 1 N–H and O–H groups in total. The van der Waals surface area contributed by atoms with E-state index in [1.165, 1.54) is 10.8 Å². The lowest BCUT2D eigenvalue weighted by molar-refractivity contribution is 0.0955. The highest BCUT2D eigenvalue weighted by atomic mass is 31.2.